The fraction of sp³-hybridized carbons (Fsp3) is 0.0667. The van der Waals surface area contributed by atoms with Crippen LogP contribution in [0.4, 0.5) is 5.82 Å². The minimum atomic E-state index is -0.384. The molecule has 7 heteroatoms. The number of ether oxygens (including phenoxy) is 1. The van der Waals surface area contributed by atoms with Crippen molar-refractivity contribution in [2.45, 2.75) is 0 Å². The van der Waals surface area contributed by atoms with Crippen molar-refractivity contribution in [2.24, 2.45) is 0 Å². The predicted octanol–water partition coefficient (Wildman–Crippen LogP) is 2.13. The Morgan fingerprint density at radius 1 is 1.18 bits per heavy atom. The van der Waals surface area contributed by atoms with Crippen molar-refractivity contribution in [1.29, 1.82) is 0 Å². The molecule has 0 radical (unpaired) electrons. The number of anilines is 1. The quantitative estimate of drug-likeness (QED) is 0.769. The maximum Gasteiger partial charge on any atom is 0.279 e. The molecule has 3 aromatic rings. The lowest BCUT2D eigenvalue weighted by Gasteiger charge is -2.04. The summed E-state index contributed by atoms with van der Waals surface area (Å²) >= 11 is 0. The van der Waals surface area contributed by atoms with Crippen molar-refractivity contribution in [3.63, 3.8) is 0 Å². The SMILES string of the molecule is COc1cccc(-c2n[nH]nc2C(=O)Nc2ccccn2)c1. The summed E-state index contributed by atoms with van der Waals surface area (Å²) in [4.78, 5) is 16.4. The molecule has 0 atom stereocenters. The zero-order chi connectivity index (χ0) is 15.4. The molecule has 2 heterocycles. The summed E-state index contributed by atoms with van der Waals surface area (Å²) in [7, 11) is 1.58. The molecule has 0 aliphatic heterocycles. The van der Waals surface area contributed by atoms with E-state index in [1.165, 1.54) is 0 Å². The van der Waals surface area contributed by atoms with Gasteiger partial charge in [0.05, 0.1) is 7.11 Å². The Hall–Kier alpha value is -3.22. The third kappa shape index (κ3) is 2.78. The summed E-state index contributed by atoms with van der Waals surface area (Å²) < 4.78 is 5.18. The van der Waals surface area contributed by atoms with Gasteiger partial charge in [-0.25, -0.2) is 4.98 Å². The molecule has 110 valence electrons. The minimum absolute atomic E-state index is 0.193. The summed E-state index contributed by atoms with van der Waals surface area (Å²) in [6.07, 6.45) is 1.60. The zero-order valence-electron chi connectivity index (χ0n) is 11.8. The summed E-state index contributed by atoms with van der Waals surface area (Å²) in [5.74, 6) is 0.744. The largest absolute Gasteiger partial charge is 0.497 e. The van der Waals surface area contributed by atoms with Crippen molar-refractivity contribution in [2.75, 3.05) is 12.4 Å². The van der Waals surface area contributed by atoms with Crippen molar-refractivity contribution < 1.29 is 9.53 Å². The van der Waals surface area contributed by atoms with E-state index < -0.39 is 0 Å². The smallest absolute Gasteiger partial charge is 0.279 e. The van der Waals surface area contributed by atoms with E-state index in [-0.39, 0.29) is 11.6 Å². The number of nitrogens with zero attached hydrogens (tertiary/aromatic N) is 3. The number of aromatic amines is 1. The number of H-pyrrole nitrogens is 1. The van der Waals surface area contributed by atoms with Gasteiger partial charge in [-0.1, -0.05) is 18.2 Å². The highest BCUT2D eigenvalue weighted by molar-refractivity contribution is 6.06. The number of nitrogens with one attached hydrogen (secondary N) is 2. The normalized spacial score (nSPS) is 10.2. The molecular weight excluding hydrogens is 282 g/mol. The van der Waals surface area contributed by atoms with Gasteiger partial charge >= 0.3 is 0 Å². The molecule has 7 nitrogen and oxygen atoms in total. The van der Waals surface area contributed by atoms with Crippen LogP contribution in [0.25, 0.3) is 11.3 Å². The molecule has 2 aromatic heterocycles. The number of carbonyl (C=O) groups is 1. The van der Waals surface area contributed by atoms with E-state index in [2.05, 4.69) is 25.7 Å². The number of hydrogen-bond acceptors (Lipinski definition) is 5. The Kier molecular flexibility index (Phi) is 3.78. The first-order valence-electron chi connectivity index (χ1n) is 6.55. The Bertz CT molecular complexity index is 785. The molecule has 0 fully saturated rings. The lowest BCUT2D eigenvalue weighted by atomic mass is 10.1. The molecule has 1 amide bonds. The summed E-state index contributed by atoms with van der Waals surface area (Å²) in [6, 6.07) is 12.5. The highest BCUT2D eigenvalue weighted by Crippen LogP contribution is 2.24. The third-order valence-corrected chi connectivity index (χ3v) is 3.01. The second kappa shape index (κ2) is 6.04. The molecule has 0 spiro atoms. The van der Waals surface area contributed by atoms with Gasteiger partial charge in [0.2, 0.25) is 0 Å². The zero-order valence-corrected chi connectivity index (χ0v) is 11.8. The Labute approximate surface area is 126 Å². The average molecular weight is 295 g/mol. The predicted molar refractivity (Wildman–Crippen MR) is 80.6 cm³/mol. The van der Waals surface area contributed by atoms with E-state index in [4.69, 9.17) is 4.74 Å². The number of rotatable bonds is 4. The van der Waals surface area contributed by atoms with Gasteiger partial charge in [-0.05, 0) is 24.3 Å². The molecule has 0 aliphatic carbocycles. The number of aromatic nitrogens is 4. The van der Waals surface area contributed by atoms with Crippen LogP contribution < -0.4 is 10.1 Å². The van der Waals surface area contributed by atoms with Gasteiger partial charge in [0, 0.05) is 11.8 Å². The molecular formula is C15H13N5O2. The fourth-order valence-corrected chi connectivity index (χ4v) is 1.97. The molecule has 1 aromatic carbocycles. The standard InChI is InChI=1S/C15H13N5O2/c1-22-11-6-4-5-10(9-11)13-14(19-20-18-13)15(21)17-12-7-2-3-8-16-12/h2-9H,1H3,(H,16,17,21)(H,18,19,20). The van der Waals surface area contributed by atoms with Crippen molar-refractivity contribution in [3.05, 3.63) is 54.4 Å². The van der Waals surface area contributed by atoms with Crippen LogP contribution in [0.1, 0.15) is 10.5 Å². The van der Waals surface area contributed by atoms with E-state index in [1.807, 2.05) is 18.2 Å². The van der Waals surface area contributed by atoms with Gasteiger partial charge in [0.1, 0.15) is 17.3 Å². The topological polar surface area (TPSA) is 92.8 Å². The van der Waals surface area contributed by atoms with Crippen molar-refractivity contribution in [3.8, 4) is 17.0 Å². The molecule has 0 unspecified atom stereocenters. The van der Waals surface area contributed by atoms with Gasteiger partial charge < -0.3 is 10.1 Å². The van der Waals surface area contributed by atoms with Crippen LogP contribution in [0.2, 0.25) is 0 Å². The molecule has 0 saturated carbocycles. The second-order valence-corrected chi connectivity index (χ2v) is 4.42. The van der Waals surface area contributed by atoms with E-state index >= 15 is 0 Å². The number of carbonyl (C=O) groups excluding carboxylic acids is 1. The van der Waals surface area contributed by atoms with Crippen LogP contribution in [0.3, 0.4) is 0 Å². The minimum Gasteiger partial charge on any atom is -0.497 e. The first-order valence-corrected chi connectivity index (χ1v) is 6.55. The highest BCUT2D eigenvalue weighted by Gasteiger charge is 2.18. The Morgan fingerprint density at radius 2 is 2.09 bits per heavy atom. The van der Waals surface area contributed by atoms with Crippen LogP contribution in [-0.4, -0.2) is 33.4 Å². The monoisotopic (exact) mass is 295 g/mol. The first kappa shape index (κ1) is 13.7. The van der Waals surface area contributed by atoms with Crippen molar-refractivity contribution in [1.82, 2.24) is 20.4 Å². The lowest BCUT2D eigenvalue weighted by Crippen LogP contribution is -2.14. The van der Waals surface area contributed by atoms with Crippen LogP contribution >= 0.6 is 0 Å². The highest BCUT2D eigenvalue weighted by atomic mass is 16.5. The van der Waals surface area contributed by atoms with Gasteiger partial charge in [-0.2, -0.15) is 15.4 Å². The molecule has 2 N–H and O–H groups in total. The first-order chi connectivity index (χ1) is 10.8. The van der Waals surface area contributed by atoms with E-state index in [1.54, 1.807) is 37.6 Å². The second-order valence-electron chi connectivity index (χ2n) is 4.42. The summed E-state index contributed by atoms with van der Waals surface area (Å²) in [5, 5.41) is 13.1. The molecule has 0 bridgehead atoms. The maximum absolute atomic E-state index is 12.3. The molecule has 3 rings (SSSR count). The Balaban J connectivity index is 1.90. The number of pyridine rings is 1. The molecule has 0 aliphatic rings. The summed E-state index contributed by atoms with van der Waals surface area (Å²) in [6.45, 7) is 0. The van der Waals surface area contributed by atoms with Gasteiger partial charge in [-0.15, -0.1) is 0 Å². The average Bonchev–Trinajstić information content (AvgIpc) is 3.05. The van der Waals surface area contributed by atoms with Gasteiger partial charge in [-0.3, -0.25) is 4.79 Å². The van der Waals surface area contributed by atoms with E-state index in [0.717, 1.165) is 5.56 Å². The molecule has 0 saturated heterocycles. The van der Waals surface area contributed by atoms with Crippen molar-refractivity contribution >= 4 is 11.7 Å². The summed E-state index contributed by atoms with van der Waals surface area (Å²) in [5.41, 5.74) is 1.38. The van der Waals surface area contributed by atoms with Gasteiger partial charge in [0.15, 0.2) is 5.69 Å². The number of amides is 1. The van der Waals surface area contributed by atoms with Gasteiger partial charge in [0.25, 0.3) is 5.91 Å². The van der Waals surface area contributed by atoms with Crippen LogP contribution in [0.5, 0.6) is 5.75 Å². The van der Waals surface area contributed by atoms with E-state index in [9.17, 15) is 4.79 Å². The molecule has 22 heavy (non-hydrogen) atoms. The Morgan fingerprint density at radius 3 is 2.86 bits per heavy atom. The lowest BCUT2D eigenvalue weighted by molar-refractivity contribution is 0.102. The van der Waals surface area contributed by atoms with Crippen LogP contribution in [0, 0.1) is 0 Å². The number of hydrogen-bond donors (Lipinski definition) is 2. The number of methoxy groups -OCH3 is 1. The number of benzene rings is 1. The third-order valence-electron chi connectivity index (χ3n) is 3.01. The van der Waals surface area contributed by atoms with E-state index in [0.29, 0.717) is 17.3 Å². The fourth-order valence-electron chi connectivity index (χ4n) is 1.97. The van der Waals surface area contributed by atoms with Crippen LogP contribution in [-0.2, 0) is 0 Å². The maximum atomic E-state index is 12.3. The van der Waals surface area contributed by atoms with Crippen LogP contribution in [0.15, 0.2) is 48.7 Å².